The van der Waals surface area contributed by atoms with Crippen LogP contribution in [0.4, 0.5) is 0 Å². The summed E-state index contributed by atoms with van der Waals surface area (Å²) in [5.74, 6) is 0. The molecular formula is C25H30N4S. The Morgan fingerprint density at radius 1 is 1.10 bits per heavy atom. The molecule has 1 saturated heterocycles. The van der Waals surface area contributed by atoms with Crippen molar-refractivity contribution in [2.45, 2.75) is 59.2 Å². The summed E-state index contributed by atoms with van der Waals surface area (Å²) in [6.45, 7) is 11.0. The van der Waals surface area contributed by atoms with Gasteiger partial charge in [-0.05, 0) is 81.7 Å². The van der Waals surface area contributed by atoms with E-state index in [1.54, 1.807) is 0 Å². The predicted molar refractivity (Wildman–Crippen MR) is 127 cm³/mol. The number of thiocarbonyl (C=S) groups is 1. The highest BCUT2D eigenvalue weighted by molar-refractivity contribution is 7.80. The number of aryl methyl sites for hydroxylation is 2. The lowest BCUT2D eigenvalue weighted by Crippen LogP contribution is -2.35. The van der Waals surface area contributed by atoms with Crippen LogP contribution in [-0.4, -0.2) is 25.6 Å². The SMILES string of the molecule is CCc1ccccc1-n1c(C)cc([C@H]2[C@H](c3ccccn3)NC(=S)N2C(C)C)c1C. The molecule has 1 fully saturated rings. The van der Waals surface area contributed by atoms with Gasteiger partial charge < -0.3 is 14.8 Å². The highest BCUT2D eigenvalue weighted by atomic mass is 32.1. The number of benzene rings is 1. The van der Waals surface area contributed by atoms with Gasteiger partial charge in [0.15, 0.2) is 5.11 Å². The molecule has 156 valence electrons. The minimum atomic E-state index is 0.0245. The molecule has 0 amide bonds. The maximum Gasteiger partial charge on any atom is 0.170 e. The fourth-order valence-corrected chi connectivity index (χ4v) is 5.19. The number of hydrogen-bond donors (Lipinski definition) is 1. The minimum absolute atomic E-state index is 0.0245. The van der Waals surface area contributed by atoms with Crippen molar-refractivity contribution in [1.29, 1.82) is 0 Å². The minimum Gasteiger partial charge on any atom is -0.352 e. The Morgan fingerprint density at radius 2 is 1.83 bits per heavy atom. The molecule has 0 unspecified atom stereocenters. The van der Waals surface area contributed by atoms with Gasteiger partial charge in [0, 0.05) is 29.3 Å². The summed E-state index contributed by atoms with van der Waals surface area (Å²) in [5, 5.41) is 4.35. The summed E-state index contributed by atoms with van der Waals surface area (Å²) in [4.78, 5) is 6.98. The third kappa shape index (κ3) is 3.41. The molecule has 0 bridgehead atoms. The highest BCUT2D eigenvalue weighted by Gasteiger charge is 2.42. The Labute approximate surface area is 184 Å². The molecule has 4 nitrogen and oxygen atoms in total. The fourth-order valence-electron chi connectivity index (χ4n) is 4.74. The Morgan fingerprint density at radius 3 is 2.50 bits per heavy atom. The first kappa shape index (κ1) is 20.6. The Bertz CT molecular complexity index is 1050. The van der Waals surface area contributed by atoms with Gasteiger partial charge in [0.05, 0.1) is 17.8 Å². The van der Waals surface area contributed by atoms with Crippen molar-refractivity contribution in [1.82, 2.24) is 19.8 Å². The first-order valence-electron chi connectivity index (χ1n) is 10.7. The summed E-state index contributed by atoms with van der Waals surface area (Å²) >= 11 is 5.77. The molecule has 2 aromatic heterocycles. The van der Waals surface area contributed by atoms with E-state index >= 15 is 0 Å². The van der Waals surface area contributed by atoms with Crippen LogP contribution < -0.4 is 5.32 Å². The van der Waals surface area contributed by atoms with Crippen LogP contribution in [0, 0.1) is 13.8 Å². The van der Waals surface area contributed by atoms with Gasteiger partial charge in [-0.2, -0.15) is 0 Å². The number of nitrogens with zero attached hydrogens (tertiary/aromatic N) is 3. The lowest BCUT2D eigenvalue weighted by Gasteiger charge is -2.31. The first-order valence-corrected chi connectivity index (χ1v) is 11.1. The van der Waals surface area contributed by atoms with Crippen molar-refractivity contribution in [3.63, 3.8) is 0 Å². The molecule has 1 N–H and O–H groups in total. The predicted octanol–water partition coefficient (Wildman–Crippen LogP) is 5.43. The van der Waals surface area contributed by atoms with Crippen LogP contribution in [-0.2, 0) is 6.42 Å². The van der Waals surface area contributed by atoms with E-state index in [1.165, 1.54) is 28.2 Å². The van der Waals surface area contributed by atoms with Crippen molar-refractivity contribution in [2.24, 2.45) is 0 Å². The summed E-state index contributed by atoms with van der Waals surface area (Å²) in [5.41, 5.74) is 7.44. The standard InChI is InChI=1S/C25H30N4S/c1-6-19-11-7-8-13-22(19)29-17(4)15-20(18(29)5)24-23(21-12-9-10-14-26-21)27-25(30)28(24)16(2)3/h7-16,23-24H,6H2,1-5H3,(H,27,30)/t23-,24-/m0/s1. The second-order valence-electron chi connectivity index (χ2n) is 8.27. The van der Waals surface area contributed by atoms with Crippen molar-refractivity contribution in [3.8, 4) is 5.69 Å². The third-order valence-electron chi connectivity index (χ3n) is 6.09. The number of nitrogens with one attached hydrogen (secondary N) is 1. The summed E-state index contributed by atoms with van der Waals surface area (Å²) in [6.07, 6.45) is 2.86. The Balaban J connectivity index is 1.87. The van der Waals surface area contributed by atoms with Crippen LogP contribution in [0.25, 0.3) is 5.69 Å². The Hall–Kier alpha value is -2.66. The van der Waals surface area contributed by atoms with Crippen LogP contribution in [0.2, 0.25) is 0 Å². The van der Waals surface area contributed by atoms with E-state index in [4.69, 9.17) is 12.2 Å². The van der Waals surface area contributed by atoms with Gasteiger partial charge in [0.25, 0.3) is 0 Å². The van der Waals surface area contributed by atoms with Crippen LogP contribution in [0.3, 0.4) is 0 Å². The molecule has 2 atom stereocenters. The zero-order valence-corrected chi connectivity index (χ0v) is 19.2. The molecule has 4 rings (SSSR count). The maximum absolute atomic E-state index is 5.77. The molecule has 3 heterocycles. The monoisotopic (exact) mass is 418 g/mol. The van der Waals surface area contributed by atoms with Gasteiger partial charge in [0.2, 0.25) is 0 Å². The van der Waals surface area contributed by atoms with Crippen molar-refractivity contribution in [3.05, 3.63) is 82.9 Å². The van der Waals surface area contributed by atoms with E-state index in [9.17, 15) is 0 Å². The molecular weight excluding hydrogens is 388 g/mol. The molecule has 0 aliphatic carbocycles. The number of aromatic nitrogens is 2. The summed E-state index contributed by atoms with van der Waals surface area (Å²) < 4.78 is 2.39. The average molecular weight is 419 g/mol. The van der Waals surface area contributed by atoms with E-state index in [1.807, 2.05) is 18.3 Å². The van der Waals surface area contributed by atoms with Gasteiger partial charge in [-0.3, -0.25) is 4.98 Å². The molecule has 5 heteroatoms. The second kappa shape index (κ2) is 8.23. The van der Waals surface area contributed by atoms with Crippen LogP contribution in [0.1, 0.15) is 61.1 Å². The first-order chi connectivity index (χ1) is 14.4. The molecule has 1 aliphatic rings. The van der Waals surface area contributed by atoms with E-state index < -0.39 is 0 Å². The van der Waals surface area contributed by atoms with Crippen molar-refractivity contribution >= 4 is 17.3 Å². The van der Waals surface area contributed by atoms with Crippen LogP contribution in [0.5, 0.6) is 0 Å². The largest absolute Gasteiger partial charge is 0.352 e. The number of pyridine rings is 1. The van der Waals surface area contributed by atoms with E-state index in [2.05, 4.69) is 90.8 Å². The average Bonchev–Trinajstić information content (AvgIpc) is 3.24. The Kier molecular flexibility index (Phi) is 5.65. The van der Waals surface area contributed by atoms with Gasteiger partial charge in [-0.15, -0.1) is 0 Å². The summed E-state index contributed by atoms with van der Waals surface area (Å²) in [7, 11) is 0. The van der Waals surface area contributed by atoms with Gasteiger partial charge >= 0.3 is 0 Å². The molecule has 1 aromatic carbocycles. The fraction of sp³-hybridized carbons (Fsp3) is 0.360. The van der Waals surface area contributed by atoms with Crippen molar-refractivity contribution < 1.29 is 0 Å². The maximum atomic E-state index is 5.77. The second-order valence-corrected chi connectivity index (χ2v) is 8.66. The highest BCUT2D eigenvalue weighted by Crippen LogP contribution is 2.42. The van der Waals surface area contributed by atoms with Gasteiger partial charge in [-0.25, -0.2) is 0 Å². The zero-order chi connectivity index (χ0) is 21.4. The van der Waals surface area contributed by atoms with E-state index in [0.29, 0.717) is 0 Å². The molecule has 0 saturated carbocycles. The van der Waals surface area contributed by atoms with Crippen LogP contribution >= 0.6 is 12.2 Å². The smallest absolute Gasteiger partial charge is 0.170 e. The lowest BCUT2D eigenvalue weighted by atomic mass is 9.96. The molecule has 3 aromatic rings. The molecule has 30 heavy (non-hydrogen) atoms. The lowest BCUT2D eigenvalue weighted by molar-refractivity contribution is 0.269. The van der Waals surface area contributed by atoms with Crippen LogP contribution in [0.15, 0.2) is 54.7 Å². The molecule has 0 radical (unpaired) electrons. The number of rotatable bonds is 5. The van der Waals surface area contributed by atoms with Gasteiger partial charge in [-0.1, -0.05) is 31.2 Å². The third-order valence-corrected chi connectivity index (χ3v) is 6.42. The van der Waals surface area contributed by atoms with E-state index in [-0.39, 0.29) is 18.1 Å². The molecule has 1 aliphatic heterocycles. The van der Waals surface area contributed by atoms with E-state index in [0.717, 1.165) is 17.2 Å². The topological polar surface area (TPSA) is 33.1 Å². The quantitative estimate of drug-likeness (QED) is 0.560. The normalized spacial score (nSPS) is 18.9. The number of para-hydroxylation sites is 1. The van der Waals surface area contributed by atoms with Crippen molar-refractivity contribution in [2.75, 3.05) is 0 Å². The zero-order valence-electron chi connectivity index (χ0n) is 18.4. The van der Waals surface area contributed by atoms with Gasteiger partial charge in [0.1, 0.15) is 0 Å². The number of hydrogen-bond acceptors (Lipinski definition) is 2. The molecule has 0 spiro atoms. The summed E-state index contributed by atoms with van der Waals surface area (Å²) in [6, 6.07) is 17.5.